The van der Waals surface area contributed by atoms with Crippen molar-refractivity contribution in [1.29, 1.82) is 0 Å². The Balaban J connectivity index is 0. The number of rotatable bonds is 3. The van der Waals surface area contributed by atoms with E-state index in [1.54, 1.807) is 13.0 Å². The van der Waals surface area contributed by atoms with Crippen molar-refractivity contribution in [1.82, 2.24) is 0 Å². The second-order valence-electron chi connectivity index (χ2n) is 2.24. The molecule has 2 heteroatoms. The Morgan fingerprint density at radius 2 is 1.92 bits per heavy atom. The van der Waals surface area contributed by atoms with Gasteiger partial charge in [0.05, 0.1) is 13.0 Å². The second-order valence-corrected chi connectivity index (χ2v) is 2.24. The lowest BCUT2D eigenvalue weighted by Gasteiger charge is -2.08. The molecule has 0 amide bonds. The van der Waals surface area contributed by atoms with Crippen LogP contribution in [0.25, 0.3) is 0 Å². The van der Waals surface area contributed by atoms with E-state index in [-0.39, 0.29) is 11.9 Å². The van der Waals surface area contributed by atoms with Crippen LogP contribution in [0.1, 0.15) is 27.7 Å². The quantitative estimate of drug-likeness (QED) is 0.498. The number of methoxy groups -OCH3 is 1. The van der Waals surface area contributed by atoms with Crippen molar-refractivity contribution >= 4 is 5.97 Å². The molecule has 0 aliphatic rings. The summed E-state index contributed by atoms with van der Waals surface area (Å²) in [4.78, 5) is 11.0. The van der Waals surface area contributed by atoms with Gasteiger partial charge in [-0.15, -0.1) is 0 Å². The van der Waals surface area contributed by atoms with Gasteiger partial charge in [0.2, 0.25) is 0 Å². The molecule has 0 aromatic carbocycles. The Morgan fingerprint density at radius 1 is 1.46 bits per heavy atom. The normalized spacial score (nSPS) is 12.2. The van der Waals surface area contributed by atoms with Crippen LogP contribution in [-0.4, -0.2) is 13.1 Å². The van der Waals surface area contributed by atoms with Crippen molar-refractivity contribution in [2.45, 2.75) is 27.7 Å². The van der Waals surface area contributed by atoms with Crippen LogP contribution in [0.15, 0.2) is 24.3 Å². The van der Waals surface area contributed by atoms with Crippen molar-refractivity contribution in [2.75, 3.05) is 7.11 Å². The Kier molecular flexibility index (Phi) is 10.1. The van der Waals surface area contributed by atoms with Crippen LogP contribution in [0, 0.1) is 5.92 Å². The van der Waals surface area contributed by atoms with Gasteiger partial charge in [0.25, 0.3) is 0 Å². The molecule has 0 aromatic heterocycles. The molecule has 0 N–H and O–H groups in total. The average molecular weight is 184 g/mol. The zero-order chi connectivity index (χ0) is 10.9. The lowest BCUT2D eigenvalue weighted by atomic mass is 10.0. The third kappa shape index (κ3) is 5.23. The van der Waals surface area contributed by atoms with E-state index in [2.05, 4.69) is 11.3 Å². The molecule has 13 heavy (non-hydrogen) atoms. The summed E-state index contributed by atoms with van der Waals surface area (Å²) in [5.74, 6) is -0.430. The van der Waals surface area contributed by atoms with E-state index >= 15 is 0 Å². The fourth-order valence-corrected chi connectivity index (χ4v) is 0.857. The highest BCUT2D eigenvalue weighted by Crippen LogP contribution is 2.12. The Bertz CT molecular complexity index is 181. The minimum atomic E-state index is -0.224. The van der Waals surface area contributed by atoms with Gasteiger partial charge < -0.3 is 4.74 Å². The summed E-state index contributed by atoms with van der Waals surface area (Å²) in [6, 6.07) is 0. The topological polar surface area (TPSA) is 26.3 Å². The van der Waals surface area contributed by atoms with Gasteiger partial charge in [-0.05, 0) is 19.4 Å². The number of esters is 1. The summed E-state index contributed by atoms with van der Waals surface area (Å²) in [5, 5.41) is 0. The van der Waals surface area contributed by atoms with Gasteiger partial charge in [0.15, 0.2) is 0 Å². The summed E-state index contributed by atoms with van der Waals surface area (Å²) in [5.41, 5.74) is 0.900. The van der Waals surface area contributed by atoms with Crippen LogP contribution in [0.2, 0.25) is 0 Å². The summed E-state index contributed by atoms with van der Waals surface area (Å²) >= 11 is 0. The van der Waals surface area contributed by atoms with Crippen molar-refractivity contribution in [2.24, 2.45) is 5.92 Å². The van der Waals surface area contributed by atoms with E-state index < -0.39 is 0 Å². The molecule has 0 saturated heterocycles. The molecule has 2 nitrogen and oxygen atoms in total. The van der Waals surface area contributed by atoms with Crippen molar-refractivity contribution in [3.05, 3.63) is 24.3 Å². The van der Waals surface area contributed by atoms with E-state index in [4.69, 9.17) is 0 Å². The lowest BCUT2D eigenvalue weighted by molar-refractivity contribution is -0.143. The fourth-order valence-electron chi connectivity index (χ4n) is 0.857. The van der Waals surface area contributed by atoms with Gasteiger partial charge in [-0.3, -0.25) is 4.79 Å². The fraction of sp³-hybridized carbons (Fsp3) is 0.545. The average Bonchev–Trinajstić information content (AvgIpc) is 2.21. The Morgan fingerprint density at radius 3 is 2.15 bits per heavy atom. The molecule has 76 valence electrons. The molecular weight excluding hydrogens is 164 g/mol. The zero-order valence-electron chi connectivity index (χ0n) is 9.26. The standard InChI is InChI=1S/C9H14O2.C2H6/c1-5-8(6-2)7(3)9(10)11-4;1-2/h5-7H,1H2,2-4H3;1-2H3/b8-6+;. The summed E-state index contributed by atoms with van der Waals surface area (Å²) < 4.78 is 4.57. The summed E-state index contributed by atoms with van der Waals surface area (Å²) in [6.07, 6.45) is 3.52. The predicted octanol–water partition coefficient (Wildman–Crippen LogP) is 2.95. The van der Waals surface area contributed by atoms with Crippen LogP contribution >= 0.6 is 0 Å². The summed E-state index contributed by atoms with van der Waals surface area (Å²) in [6.45, 7) is 11.3. The number of hydrogen-bond donors (Lipinski definition) is 0. The highest BCUT2D eigenvalue weighted by atomic mass is 16.5. The third-order valence-corrected chi connectivity index (χ3v) is 1.62. The number of ether oxygens (including phenoxy) is 1. The van der Waals surface area contributed by atoms with Gasteiger partial charge in [0.1, 0.15) is 0 Å². The first-order valence-electron chi connectivity index (χ1n) is 4.53. The van der Waals surface area contributed by atoms with Crippen molar-refractivity contribution < 1.29 is 9.53 Å². The molecule has 0 radical (unpaired) electrons. The lowest BCUT2D eigenvalue weighted by Crippen LogP contribution is -2.13. The van der Waals surface area contributed by atoms with Crippen LogP contribution in [-0.2, 0) is 9.53 Å². The summed E-state index contributed by atoms with van der Waals surface area (Å²) in [7, 11) is 1.38. The minimum Gasteiger partial charge on any atom is -0.469 e. The van der Waals surface area contributed by atoms with E-state index in [1.165, 1.54) is 7.11 Å². The molecule has 0 heterocycles. The first-order valence-corrected chi connectivity index (χ1v) is 4.53. The smallest absolute Gasteiger partial charge is 0.312 e. The third-order valence-electron chi connectivity index (χ3n) is 1.62. The maximum absolute atomic E-state index is 11.0. The first-order chi connectivity index (χ1) is 6.17. The molecular formula is C11H20O2. The van der Waals surface area contributed by atoms with E-state index in [0.29, 0.717) is 0 Å². The van der Waals surface area contributed by atoms with Crippen LogP contribution in [0.5, 0.6) is 0 Å². The maximum Gasteiger partial charge on any atom is 0.312 e. The zero-order valence-corrected chi connectivity index (χ0v) is 9.26. The molecule has 1 unspecified atom stereocenters. The molecule has 0 spiro atoms. The van der Waals surface area contributed by atoms with Gasteiger partial charge in [0, 0.05) is 0 Å². The SMILES string of the molecule is C=C/C(=C\C)C(C)C(=O)OC.CC. The number of carbonyl (C=O) groups is 1. The maximum atomic E-state index is 11.0. The molecule has 0 aliphatic heterocycles. The van der Waals surface area contributed by atoms with E-state index in [0.717, 1.165) is 5.57 Å². The van der Waals surface area contributed by atoms with Crippen molar-refractivity contribution in [3.63, 3.8) is 0 Å². The van der Waals surface area contributed by atoms with Gasteiger partial charge in [-0.25, -0.2) is 0 Å². The predicted molar refractivity (Wildman–Crippen MR) is 56.5 cm³/mol. The first kappa shape index (κ1) is 14.5. The van der Waals surface area contributed by atoms with Crippen LogP contribution in [0.4, 0.5) is 0 Å². The second kappa shape index (κ2) is 9.04. The number of hydrogen-bond acceptors (Lipinski definition) is 2. The molecule has 0 aromatic rings. The minimum absolute atomic E-state index is 0.206. The largest absolute Gasteiger partial charge is 0.469 e. The highest BCUT2D eigenvalue weighted by Gasteiger charge is 2.14. The molecule has 1 atom stereocenters. The molecule has 0 aliphatic carbocycles. The highest BCUT2D eigenvalue weighted by molar-refractivity contribution is 5.75. The number of carbonyl (C=O) groups excluding carboxylic acids is 1. The Hall–Kier alpha value is -1.05. The van der Waals surface area contributed by atoms with Gasteiger partial charge >= 0.3 is 5.97 Å². The number of allylic oxidation sites excluding steroid dienone is 2. The molecule has 0 rings (SSSR count). The van der Waals surface area contributed by atoms with E-state index in [9.17, 15) is 4.79 Å². The Labute approximate surface area is 81.3 Å². The molecule has 0 saturated carbocycles. The van der Waals surface area contributed by atoms with Gasteiger partial charge in [-0.1, -0.05) is 32.6 Å². The van der Waals surface area contributed by atoms with Gasteiger partial charge in [-0.2, -0.15) is 0 Å². The van der Waals surface area contributed by atoms with E-state index in [1.807, 2.05) is 26.8 Å². The van der Waals surface area contributed by atoms with Crippen molar-refractivity contribution in [3.8, 4) is 0 Å². The van der Waals surface area contributed by atoms with Crippen LogP contribution in [0.3, 0.4) is 0 Å². The monoisotopic (exact) mass is 184 g/mol. The molecule has 0 fully saturated rings. The van der Waals surface area contributed by atoms with Crippen LogP contribution < -0.4 is 0 Å². The molecule has 0 bridgehead atoms.